The normalized spacial score (nSPS) is 18.0. The van der Waals surface area contributed by atoms with Crippen LogP contribution in [0.4, 0.5) is 5.69 Å². The third kappa shape index (κ3) is 5.04. The number of nitrogens with one attached hydrogen (secondary N) is 2. The van der Waals surface area contributed by atoms with Gasteiger partial charge in [-0.25, -0.2) is 21.6 Å². The maximum atomic E-state index is 12.5. The summed E-state index contributed by atoms with van der Waals surface area (Å²) in [6, 6.07) is 16.0. The minimum atomic E-state index is -3.85. The lowest BCUT2D eigenvalue weighted by molar-refractivity contribution is 0.102. The molecule has 1 aliphatic heterocycles. The van der Waals surface area contributed by atoms with E-state index in [1.807, 2.05) is 41.2 Å². The highest BCUT2D eigenvalue weighted by atomic mass is 32.2. The monoisotopic (exact) mass is 459 g/mol. The van der Waals surface area contributed by atoms with Crippen molar-refractivity contribution in [2.24, 2.45) is 0 Å². The fourth-order valence-electron chi connectivity index (χ4n) is 3.39. The fraction of sp³-hybridized carbons (Fsp3) is 0.190. The highest BCUT2D eigenvalue weighted by Crippen LogP contribution is 2.19. The molecular formula is C21H21N3O5S2. The topological polar surface area (TPSA) is 114 Å². The van der Waals surface area contributed by atoms with Gasteiger partial charge in [0.05, 0.1) is 16.4 Å². The summed E-state index contributed by atoms with van der Waals surface area (Å²) in [5.41, 5.74) is 1.84. The van der Waals surface area contributed by atoms with E-state index in [2.05, 4.69) is 10.0 Å². The zero-order chi connectivity index (χ0) is 22.1. The Morgan fingerprint density at radius 2 is 1.61 bits per heavy atom. The molecule has 0 aliphatic carbocycles. The van der Waals surface area contributed by atoms with Crippen molar-refractivity contribution in [2.45, 2.75) is 17.4 Å². The quantitative estimate of drug-likeness (QED) is 0.587. The third-order valence-electron chi connectivity index (χ3n) is 5.01. The summed E-state index contributed by atoms with van der Waals surface area (Å²) in [6.45, 7) is 0. The van der Waals surface area contributed by atoms with Gasteiger partial charge < -0.3 is 9.88 Å². The molecule has 1 aromatic heterocycles. The summed E-state index contributed by atoms with van der Waals surface area (Å²) >= 11 is 0. The number of nitrogens with zero attached hydrogens (tertiary/aromatic N) is 1. The maximum Gasteiger partial charge on any atom is 0.255 e. The third-order valence-corrected chi connectivity index (χ3v) is 8.31. The van der Waals surface area contributed by atoms with Crippen molar-refractivity contribution in [3.05, 3.63) is 78.6 Å². The van der Waals surface area contributed by atoms with Crippen LogP contribution in [0.1, 0.15) is 16.8 Å². The molecule has 31 heavy (non-hydrogen) atoms. The number of sulfonamides is 1. The molecule has 4 rings (SSSR count). The highest BCUT2D eigenvalue weighted by molar-refractivity contribution is 7.92. The van der Waals surface area contributed by atoms with E-state index in [9.17, 15) is 21.6 Å². The van der Waals surface area contributed by atoms with Crippen molar-refractivity contribution in [1.82, 2.24) is 9.29 Å². The first kappa shape index (κ1) is 21.3. The average molecular weight is 460 g/mol. The number of hydrogen-bond acceptors (Lipinski definition) is 5. The summed E-state index contributed by atoms with van der Waals surface area (Å²) < 4.78 is 52.4. The Morgan fingerprint density at radius 1 is 0.968 bits per heavy atom. The minimum absolute atomic E-state index is 0.00544. The summed E-state index contributed by atoms with van der Waals surface area (Å²) in [6.07, 6.45) is 4.08. The lowest BCUT2D eigenvalue weighted by Crippen LogP contribution is -2.35. The molecule has 1 fully saturated rings. The average Bonchev–Trinajstić information content (AvgIpc) is 3.38. The number of sulfone groups is 1. The Bertz CT molecular complexity index is 1280. The van der Waals surface area contributed by atoms with Gasteiger partial charge in [0.25, 0.3) is 5.91 Å². The van der Waals surface area contributed by atoms with Gasteiger partial charge in [0, 0.05) is 35.4 Å². The van der Waals surface area contributed by atoms with Crippen LogP contribution >= 0.6 is 0 Å². The molecule has 2 aromatic carbocycles. The van der Waals surface area contributed by atoms with Crippen molar-refractivity contribution in [1.29, 1.82) is 0 Å². The Labute approximate surface area is 180 Å². The van der Waals surface area contributed by atoms with Crippen molar-refractivity contribution in [2.75, 3.05) is 16.8 Å². The lowest BCUT2D eigenvalue weighted by Gasteiger charge is -2.12. The minimum Gasteiger partial charge on any atom is -0.324 e. The van der Waals surface area contributed by atoms with Crippen LogP contribution in [0.3, 0.4) is 0 Å². The Kier molecular flexibility index (Phi) is 5.69. The molecule has 0 saturated carbocycles. The number of anilines is 1. The van der Waals surface area contributed by atoms with E-state index in [1.54, 1.807) is 12.1 Å². The second kappa shape index (κ2) is 8.29. The van der Waals surface area contributed by atoms with E-state index in [0.29, 0.717) is 11.3 Å². The molecule has 2 heterocycles. The summed E-state index contributed by atoms with van der Waals surface area (Å²) in [7, 11) is -7.04. The molecule has 1 atom stereocenters. The predicted octanol–water partition coefficient (Wildman–Crippen LogP) is 2.19. The van der Waals surface area contributed by atoms with E-state index < -0.39 is 25.9 Å². The first-order chi connectivity index (χ1) is 14.7. The van der Waals surface area contributed by atoms with Crippen LogP contribution in [0.25, 0.3) is 5.69 Å². The van der Waals surface area contributed by atoms with E-state index in [1.165, 1.54) is 24.3 Å². The van der Waals surface area contributed by atoms with E-state index in [-0.39, 0.29) is 28.7 Å². The van der Waals surface area contributed by atoms with Gasteiger partial charge in [-0.15, -0.1) is 0 Å². The second-order valence-corrected chi connectivity index (χ2v) is 11.3. The highest BCUT2D eigenvalue weighted by Gasteiger charge is 2.31. The van der Waals surface area contributed by atoms with Crippen LogP contribution in [0.2, 0.25) is 0 Å². The second-order valence-electron chi connectivity index (χ2n) is 7.34. The zero-order valence-electron chi connectivity index (χ0n) is 16.4. The fourth-order valence-corrected chi connectivity index (χ4v) is 6.44. The first-order valence-electron chi connectivity index (χ1n) is 9.59. The first-order valence-corrected chi connectivity index (χ1v) is 12.9. The summed E-state index contributed by atoms with van der Waals surface area (Å²) in [4.78, 5) is 12.5. The number of carbonyl (C=O) groups is 1. The van der Waals surface area contributed by atoms with Crippen LogP contribution in [-0.2, 0) is 19.9 Å². The molecule has 3 aromatic rings. The molecule has 8 nitrogen and oxygen atoms in total. The largest absolute Gasteiger partial charge is 0.324 e. The van der Waals surface area contributed by atoms with Gasteiger partial charge >= 0.3 is 0 Å². The van der Waals surface area contributed by atoms with E-state index in [0.717, 1.165) is 5.69 Å². The van der Waals surface area contributed by atoms with Crippen LogP contribution in [0.15, 0.2) is 78.0 Å². The van der Waals surface area contributed by atoms with Gasteiger partial charge in [0.1, 0.15) is 0 Å². The number of hydrogen-bond donors (Lipinski definition) is 2. The van der Waals surface area contributed by atoms with Gasteiger partial charge in [-0.2, -0.15) is 0 Å². The molecule has 1 aliphatic rings. The molecule has 2 N–H and O–H groups in total. The molecule has 1 unspecified atom stereocenters. The molecule has 1 amide bonds. The van der Waals surface area contributed by atoms with Crippen molar-refractivity contribution >= 4 is 31.5 Å². The van der Waals surface area contributed by atoms with Crippen LogP contribution in [-0.4, -0.2) is 44.9 Å². The number of carbonyl (C=O) groups excluding carboxylic acids is 1. The van der Waals surface area contributed by atoms with Crippen molar-refractivity contribution < 1.29 is 21.6 Å². The molecule has 0 bridgehead atoms. The standard InChI is InChI=1S/C21H21N3O5S2/c25-21(16-3-7-19(8-4-16)24-12-1-2-13-24)22-17-5-9-20(10-6-17)31(28,29)23-18-11-14-30(26,27)15-18/h1-10,12-13,18,23H,11,14-15H2,(H,22,25). The van der Waals surface area contributed by atoms with Crippen molar-refractivity contribution in [3.8, 4) is 5.69 Å². The van der Waals surface area contributed by atoms with Crippen LogP contribution in [0, 0.1) is 0 Å². The predicted molar refractivity (Wildman–Crippen MR) is 118 cm³/mol. The molecule has 0 radical (unpaired) electrons. The number of amides is 1. The summed E-state index contributed by atoms with van der Waals surface area (Å²) in [5, 5.41) is 2.73. The van der Waals surface area contributed by atoms with Gasteiger partial charge in [0.2, 0.25) is 10.0 Å². The Balaban J connectivity index is 1.40. The lowest BCUT2D eigenvalue weighted by atomic mass is 10.2. The van der Waals surface area contributed by atoms with Crippen LogP contribution < -0.4 is 10.0 Å². The Hall–Kier alpha value is -2.95. The van der Waals surface area contributed by atoms with Gasteiger partial charge in [0.15, 0.2) is 9.84 Å². The molecule has 0 spiro atoms. The van der Waals surface area contributed by atoms with Crippen LogP contribution in [0.5, 0.6) is 0 Å². The molecule has 10 heteroatoms. The van der Waals surface area contributed by atoms with E-state index >= 15 is 0 Å². The Morgan fingerprint density at radius 3 is 2.19 bits per heavy atom. The number of rotatable bonds is 6. The molecule has 1 saturated heterocycles. The summed E-state index contributed by atoms with van der Waals surface area (Å²) in [5.74, 6) is -0.523. The van der Waals surface area contributed by atoms with E-state index in [4.69, 9.17) is 0 Å². The smallest absolute Gasteiger partial charge is 0.255 e. The number of aromatic nitrogens is 1. The van der Waals surface area contributed by atoms with Gasteiger partial charge in [-0.05, 0) is 67.1 Å². The SMILES string of the molecule is O=C(Nc1ccc(S(=O)(=O)NC2CCS(=O)(=O)C2)cc1)c1ccc(-n2cccc2)cc1. The zero-order valence-corrected chi connectivity index (χ0v) is 18.1. The maximum absolute atomic E-state index is 12.5. The number of benzene rings is 2. The molecule has 162 valence electrons. The van der Waals surface area contributed by atoms with Gasteiger partial charge in [-0.1, -0.05) is 0 Å². The van der Waals surface area contributed by atoms with Crippen molar-refractivity contribution in [3.63, 3.8) is 0 Å². The van der Waals surface area contributed by atoms with Gasteiger partial charge in [-0.3, -0.25) is 4.79 Å². The molecular weight excluding hydrogens is 438 g/mol.